The lowest BCUT2D eigenvalue weighted by Crippen LogP contribution is -2.19. The Labute approximate surface area is 134 Å². The number of ether oxygens (including phenoxy) is 1. The molecule has 2 aromatic rings. The predicted molar refractivity (Wildman–Crippen MR) is 77.4 cm³/mol. The van der Waals surface area contributed by atoms with Crippen molar-refractivity contribution in [1.82, 2.24) is 4.98 Å². The van der Waals surface area contributed by atoms with Gasteiger partial charge in [-0.05, 0) is 24.6 Å². The second kappa shape index (κ2) is 5.85. The Balaban J connectivity index is 1.99. The first-order chi connectivity index (χ1) is 11.4. The summed E-state index contributed by atoms with van der Waals surface area (Å²) in [7, 11) is 0. The number of rotatable bonds is 2. The molecule has 1 aromatic heterocycles. The van der Waals surface area contributed by atoms with Crippen molar-refractivity contribution in [3.8, 4) is 17.7 Å². The van der Waals surface area contributed by atoms with Crippen LogP contribution in [0.15, 0.2) is 30.3 Å². The summed E-state index contributed by atoms with van der Waals surface area (Å²) < 4.78 is 44.1. The van der Waals surface area contributed by atoms with Gasteiger partial charge >= 0.3 is 6.18 Å². The van der Waals surface area contributed by atoms with Crippen LogP contribution >= 0.6 is 0 Å². The van der Waals surface area contributed by atoms with E-state index in [1.165, 1.54) is 0 Å². The van der Waals surface area contributed by atoms with Crippen LogP contribution in [-0.2, 0) is 17.4 Å². The molecule has 0 atom stereocenters. The summed E-state index contributed by atoms with van der Waals surface area (Å²) in [6, 6.07) is 8.32. The lowest BCUT2D eigenvalue weighted by molar-refractivity contribution is -0.141. The monoisotopic (exact) mass is 333 g/mol. The maximum absolute atomic E-state index is 12.9. The number of pyridine rings is 1. The molecule has 1 aliphatic rings. The van der Waals surface area contributed by atoms with Crippen LogP contribution < -0.4 is 10.1 Å². The second-order valence-corrected chi connectivity index (χ2v) is 5.12. The fourth-order valence-corrected chi connectivity index (χ4v) is 2.37. The SMILES string of the molecule is N#Cc1cc(Oc2cccc3c2CCC(=O)N3)nc(C(F)(F)F)c1. The van der Waals surface area contributed by atoms with Gasteiger partial charge in [-0.25, -0.2) is 4.98 Å². The number of carbonyl (C=O) groups excluding carboxylic acids is 1. The molecule has 0 saturated carbocycles. The molecule has 1 aliphatic heterocycles. The standard InChI is InChI=1S/C16H10F3N3O2/c17-16(18,19)13-6-9(8-20)7-15(22-13)24-12-3-1-2-11-10(12)4-5-14(23)21-11/h1-3,6-7H,4-5H2,(H,21,23). The summed E-state index contributed by atoms with van der Waals surface area (Å²) in [4.78, 5) is 14.8. The van der Waals surface area contributed by atoms with Gasteiger partial charge in [0, 0.05) is 23.7 Å². The zero-order valence-electron chi connectivity index (χ0n) is 12.1. The van der Waals surface area contributed by atoms with Crippen molar-refractivity contribution in [2.24, 2.45) is 0 Å². The van der Waals surface area contributed by atoms with Gasteiger partial charge in [-0.3, -0.25) is 4.79 Å². The minimum atomic E-state index is -4.69. The van der Waals surface area contributed by atoms with E-state index in [9.17, 15) is 18.0 Å². The fraction of sp³-hybridized carbons (Fsp3) is 0.188. The van der Waals surface area contributed by atoms with E-state index in [0.29, 0.717) is 29.5 Å². The first-order valence-electron chi connectivity index (χ1n) is 6.96. The number of anilines is 1. The Bertz CT molecular complexity index is 857. The minimum absolute atomic E-state index is 0.136. The van der Waals surface area contributed by atoms with Gasteiger partial charge in [0.25, 0.3) is 0 Å². The van der Waals surface area contributed by atoms with Crippen LogP contribution in [0.5, 0.6) is 11.6 Å². The molecule has 0 bridgehead atoms. The average Bonchev–Trinajstić information content (AvgIpc) is 2.53. The van der Waals surface area contributed by atoms with Gasteiger partial charge in [-0.2, -0.15) is 18.4 Å². The van der Waals surface area contributed by atoms with Gasteiger partial charge in [-0.15, -0.1) is 0 Å². The van der Waals surface area contributed by atoms with Gasteiger partial charge in [-0.1, -0.05) is 6.07 Å². The molecule has 2 heterocycles. The number of nitrogens with one attached hydrogen (secondary N) is 1. The Morgan fingerprint density at radius 3 is 2.75 bits per heavy atom. The fourth-order valence-electron chi connectivity index (χ4n) is 2.37. The van der Waals surface area contributed by atoms with E-state index in [2.05, 4.69) is 10.3 Å². The summed E-state index contributed by atoms with van der Waals surface area (Å²) >= 11 is 0. The van der Waals surface area contributed by atoms with Crippen LogP contribution in [0.1, 0.15) is 23.2 Å². The first-order valence-corrected chi connectivity index (χ1v) is 6.96. The molecular formula is C16H10F3N3O2. The average molecular weight is 333 g/mol. The first kappa shape index (κ1) is 15.8. The number of carbonyl (C=O) groups is 1. The van der Waals surface area contributed by atoms with Crippen LogP contribution in [-0.4, -0.2) is 10.9 Å². The molecule has 0 spiro atoms. The Morgan fingerprint density at radius 2 is 2.04 bits per heavy atom. The van der Waals surface area contributed by atoms with E-state index in [4.69, 9.17) is 10.00 Å². The Kier molecular flexibility index (Phi) is 3.85. The number of alkyl halides is 3. The normalized spacial score (nSPS) is 13.7. The van der Waals surface area contributed by atoms with Crippen molar-refractivity contribution in [2.45, 2.75) is 19.0 Å². The molecule has 0 aliphatic carbocycles. The third kappa shape index (κ3) is 3.15. The third-order valence-electron chi connectivity index (χ3n) is 3.45. The van der Waals surface area contributed by atoms with E-state index in [-0.39, 0.29) is 23.8 Å². The molecule has 1 N–H and O–H groups in total. The molecular weight excluding hydrogens is 323 g/mol. The van der Waals surface area contributed by atoms with Gasteiger partial charge in [0.1, 0.15) is 11.4 Å². The molecule has 3 rings (SSSR count). The summed E-state index contributed by atoms with van der Waals surface area (Å²) in [5.74, 6) is -0.168. The van der Waals surface area contributed by atoms with Crippen molar-refractivity contribution >= 4 is 11.6 Å². The van der Waals surface area contributed by atoms with Crippen molar-refractivity contribution in [2.75, 3.05) is 5.32 Å². The summed E-state index contributed by atoms with van der Waals surface area (Å²) in [6.07, 6.45) is -4.02. The van der Waals surface area contributed by atoms with Crippen LogP contribution in [0.25, 0.3) is 0 Å². The van der Waals surface area contributed by atoms with Gasteiger partial charge in [0.15, 0.2) is 0 Å². The quantitative estimate of drug-likeness (QED) is 0.910. The lowest BCUT2D eigenvalue weighted by Gasteiger charge is -2.19. The van der Waals surface area contributed by atoms with E-state index < -0.39 is 11.9 Å². The molecule has 0 saturated heterocycles. The highest BCUT2D eigenvalue weighted by Crippen LogP contribution is 2.35. The maximum atomic E-state index is 12.9. The summed E-state index contributed by atoms with van der Waals surface area (Å²) in [6.45, 7) is 0. The number of amides is 1. The second-order valence-electron chi connectivity index (χ2n) is 5.12. The third-order valence-corrected chi connectivity index (χ3v) is 3.45. The van der Waals surface area contributed by atoms with Gasteiger partial charge in [0.2, 0.25) is 11.8 Å². The zero-order valence-corrected chi connectivity index (χ0v) is 12.1. The lowest BCUT2D eigenvalue weighted by atomic mass is 10.0. The number of hydrogen-bond acceptors (Lipinski definition) is 4. The number of hydrogen-bond donors (Lipinski definition) is 1. The molecule has 0 fully saturated rings. The Hall–Kier alpha value is -3.08. The number of aromatic nitrogens is 1. The van der Waals surface area contributed by atoms with Crippen molar-refractivity contribution in [3.63, 3.8) is 0 Å². The number of halogens is 3. The van der Waals surface area contributed by atoms with E-state index in [1.54, 1.807) is 24.3 Å². The van der Waals surface area contributed by atoms with Crippen molar-refractivity contribution in [3.05, 3.63) is 47.2 Å². The molecule has 0 unspecified atom stereocenters. The van der Waals surface area contributed by atoms with Gasteiger partial charge in [0.05, 0.1) is 11.6 Å². The van der Waals surface area contributed by atoms with Crippen molar-refractivity contribution in [1.29, 1.82) is 5.26 Å². The van der Waals surface area contributed by atoms with Crippen LogP contribution in [0.2, 0.25) is 0 Å². The highest BCUT2D eigenvalue weighted by atomic mass is 19.4. The molecule has 1 amide bonds. The highest BCUT2D eigenvalue weighted by Gasteiger charge is 2.33. The number of nitrogens with zero attached hydrogens (tertiary/aromatic N) is 2. The van der Waals surface area contributed by atoms with Crippen LogP contribution in [0.3, 0.4) is 0 Å². The molecule has 24 heavy (non-hydrogen) atoms. The summed E-state index contributed by atoms with van der Waals surface area (Å²) in [5, 5.41) is 11.6. The van der Waals surface area contributed by atoms with Crippen LogP contribution in [0.4, 0.5) is 18.9 Å². The largest absolute Gasteiger partial charge is 0.439 e. The highest BCUT2D eigenvalue weighted by molar-refractivity contribution is 5.94. The molecule has 5 nitrogen and oxygen atoms in total. The van der Waals surface area contributed by atoms with E-state index in [1.807, 2.05) is 0 Å². The smallest absolute Gasteiger partial charge is 0.433 e. The Morgan fingerprint density at radius 1 is 1.25 bits per heavy atom. The minimum Gasteiger partial charge on any atom is -0.439 e. The topological polar surface area (TPSA) is 75.0 Å². The van der Waals surface area contributed by atoms with Crippen molar-refractivity contribution < 1.29 is 22.7 Å². The predicted octanol–water partition coefficient (Wildman–Crippen LogP) is 3.65. The molecule has 1 aromatic carbocycles. The van der Waals surface area contributed by atoms with E-state index >= 15 is 0 Å². The number of nitriles is 1. The molecule has 122 valence electrons. The summed E-state index contributed by atoms with van der Waals surface area (Å²) in [5.41, 5.74) is -0.175. The maximum Gasteiger partial charge on any atom is 0.433 e. The van der Waals surface area contributed by atoms with E-state index in [0.717, 1.165) is 6.07 Å². The number of benzene rings is 1. The number of fused-ring (bicyclic) bond motifs is 1. The zero-order chi connectivity index (χ0) is 17.3. The van der Waals surface area contributed by atoms with Crippen LogP contribution in [0, 0.1) is 11.3 Å². The van der Waals surface area contributed by atoms with Gasteiger partial charge < -0.3 is 10.1 Å². The molecule has 8 heteroatoms. The molecule has 0 radical (unpaired) electrons.